The lowest BCUT2D eigenvalue weighted by Gasteiger charge is -2.23. The number of hydrazone groups is 1. The van der Waals surface area contributed by atoms with Crippen LogP contribution in [0.3, 0.4) is 0 Å². The van der Waals surface area contributed by atoms with Crippen molar-refractivity contribution in [2.75, 3.05) is 60.4 Å². The number of carbonyl (C=O) groups excluding carboxylic acids is 1. The van der Waals surface area contributed by atoms with Crippen molar-refractivity contribution in [3.05, 3.63) is 53.1 Å². The third-order valence-electron chi connectivity index (χ3n) is 5.89. The molecule has 1 heterocycles. The number of nitrogens with zero attached hydrogens (tertiary/aromatic N) is 4. The Morgan fingerprint density at radius 3 is 2.30 bits per heavy atom. The van der Waals surface area contributed by atoms with Gasteiger partial charge in [0.2, 0.25) is 0 Å². The molecule has 33 heavy (non-hydrogen) atoms. The molecule has 0 aliphatic carbocycles. The molecule has 1 atom stereocenters. The Hall–Kier alpha value is -3.26. The molecule has 2 aromatic carbocycles. The summed E-state index contributed by atoms with van der Waals surface area (Å²) in [5.41, 5.74) is 4.76. The first-order chi connectivity index (χ1) is 15.8. The molecular formula is C25H35N5O3. The molecule has 0 fully saturated rings. The molecule has 0 bridgehead atoms. The quantitative estimate of drug-likeness (QED) is 0.698. The van der Waals surface area contributed by atoms with E-state index in [2.05, 4.69) is 60.5 Å². The molecule has 1 aliphatic heterocycles. The molecule has 0 radical (unpaired) electrons. The SMILES string of the molecule is CNC(=O)N1N=C(c2ccc(N(C)CCN(C)C)cc2)c2cc(OC)c(OC)cc2CC1C. The summed E-state index contributed by atoms with van der Waals surface area (Å²) in [5.74, 6) is 1.29. The van der Waals surface area contributed by atoms with Crippen molar-refractivity contribution < 1.29 is 14.3 Å². The monoisotopic (exact) mass is 453 g/mol. The summed E-state index contributed by atoms with van der Waals surface area (Å²) in [6, 6.07) is 11.8. The van der Waals surface area contributed by atoms with Crippen LogP contribution in [0.15, 0.2) is 41.5 Å². The van der Waals surface area contributed by atoms with Crippen molar-refractivity contribution in [2.45, 2.75) is 19.4 Å². The predicted octanol–water partition coefficient (Wildman–Crippen LogP) is 3.04. The normalized spacial score (nSPS) is 15.5. The predicted molar refractivity (Wildman–Crippen MR) is 133 cm³/mol. The number of fused-ring (bicyclic) bond motifs is 1. The van der Waals surface area contributed by atoms with Gasteiger partial charge >= 0.3 is 6.03 Å². The Kier molecular flexibility index (Phi) is 7.81. The van der Waals surface area contributed by atoms with Crippen LogP contribution in [0.4, 0.5) is 10.5 Å². The van der Waals surface area contributed by atoms with Crippen LogP contribution in [0, 0.1) is 0 Å². The van der Waals surface area contributed by atoms with Crippen molar-refractivity contribution in [3.63, 3.8) is 0 Å². The van der Waals surface area contributed by atoms with Crippen molar-refractivity contribution in [1.29, 1.82) is 0 Å². The van der Waals surface area contributed by atoms with E-state index < -0.39 is 0 Å². The lowest BCUT2D eigenvalue weighted by Crippen LogP contribution is -2.41. The minimum Gasteiger partial charge on any atom is -0.493 e. The van der Waals surface area contributed by atoms with E-state index in [1.165, 1.54) is 5.01 Å². The summed E-state index contributed by atoms with van der Waals surface area (Å²) in [6.45, 7) is 3.89. The van der Waals surface area contributed by atoms with Crippen molar-refractivity contribution in [3.8, 4) is 11.5 Å². The third-order valence-corrected chi connectivity index (χ3v) is 5.89. The highest BCUT2D eigenvalue weighted by molar-refractivity contribution is 6.14. The number of hydrogen-bond acceptors (Lipinski definition) is 6. The maximum absolute atomic E-state index is 12.6. The van der Waals surface area contributed by atoms with E-state index in [1.807, 2.05) is 19.1 Å². The van der Waals surface area contributed by atoms with Gasteiger partial charge in [-0.05, 0) is 57.3 Å². The fourth-order valence-corrected chi connectivity index (χ4v) is 3.90. The van der Waals surface area contributed by atoms with E-state index in [0.29, 0.717) is 17.9 Å². The van der Waals surface area contributed by atoms with E-state index >= 15 is 0 Å². The molecule has 8 nitrogen and oxygen atoms in total. The molecule has 1 N–H and O–H groups in total. The van der Waals surface area contributed by atoms with E-state index in [0.717, 1.165) is 41.2 Å². The molecule has 1 aliphatic rings. The Morgan fingerprint density at radius 1 is 1.09 bits per heavy atom. The smallest absolute Gasteiger partial charge is 0.337 e. The number of urea groups is 1. The lowest BCUT2D eigenvalue weighted by atomic mass is 9.94. The van der Waals surface area contributed by atoms with Gasteiger partial charge in [0, 0.05) is 44.0 Å². The van der Waals surface area contributed by atoms with Crippen LogP contribution in [0.2, 0.25) is 0 Å². The van der Waals surface area contributed by atoms with Crippen LogP contribution in [-0.2, 0) is 6.42 Å². The van der Waals surface area contributed by atoms with Crippen molar-refractivity contribution in [1.82, 2.24) is 15.2 Å². The number of amides is 2. The molecule has 0 saturated heterocycles. The average Bonchev–Trinajstić information content (AvgIpc) is 2.96. The number of carbonyl (C=O) groups is 1. The zero-order valence-corrected chi connectivity index (χ0v) is 20.7. The van der Waals surface area contributed by atoms with Crippen molar-refractivity contribution >= 4 is 17.4 Å². The molecule has 178 valence electrons. The van der Waals surface area contributed by atoms with Gasteiger partial charge in [-0.1, -0.05) is 12.1 Å². The van der Waals surface area contributed by atoms with Gasteiger partial charge in [0.1, 0.15) is 0 Å². The first-order valence-electron chi connectivity index (χ1n) is 11.1. The summed E-state index contributed by atoms with van der Waals surface area (Å²) >= 11 is 0. The lowest BCUT2D eigenvalue weighted by molar-refractivity contribution is 0.184. The molecule has 2 aromatic rings. The molecule has 3 rings (SSSR count). The average molecular weight is 454 g/mol. The highest BCUT2D eigenvalue weighted by atomic mass is 16.5. The summed E-state index contributed by atoms with van der Waals surface area (Å²) in [5, 5.41) is 9.05. The number of likely N-dealkylation sites (N-methyl/N-ethyl adjacent to an activating group) is 2. The maximum atomic E-state index is 12.6. The topological polar surface area (TPSA) is 69.6 Å². The van der Waals surface area contributed by atoms with Gasteiger partial charge in [0.25, 0.3) is 0 Å². The fourth-order valence-electron chi connectivity index (χ4n) is 3.90. The standard InChI is InChI=1S/C25H35N5O3/c1-17-14-19-15-22(32-6)23(33-7)16-21(19)24(27-30(17)25(31)26-2)18-8-10-20(11-9-18)29(5)13-12-28(3)4/h8-11,15-17H,12-14H2,1-7H3,(H,26,31). The van der Waals surface area contributed by atoms with Crippen LogP contribution in [-0.4, -0.2) is 83.2 Å². The summed E-state index contributed by atoms with van der Waals surface area (Å²) in [7, 11) is 11.1. The fraction of sp³-hybridized carbons (Fsp3) is 0.440. The van der Waals surface area contributed by atoms with E-state index in [9.17, 15) is 4.79 Å². The van der Waals surface area contributed by atoms with Crippen LogP contribution in [0.1, 0.15) is 23.6 Å². The Morgan fingerprint density at radius 2 is 1.73 bits per heavy atom. The summed E-state index contributed by atoms with van der Waals surface area (Å²) in [6.07, 6.45) is 0.640. The van der Waals surface area contributed by atoms with Crippen molar-refractivity contribution in [2.24, 2.45) is 5.10 Å². The van der Waals surface area contributed by atoms with Gasteiger partial charge in [0.05, 0.1) is 26.0 Å². The number of rotatable bonds is 7. The third kappa shape index (κ3) is 5.39. The summed E-state index contributed by atoms with van der Waals surface area (Å²) < 4.78 is 11.1. The number of nitrogens with one attached hydrogen (secondary N) is 1. The van der Waals surface area contributed by atoms with Gasteiger partial charge in [-0.25, -0.2) is 9.80 Å². The van der Waals surface area contributed by atoms with Gasteiger partial charge in [-0.2, -0.15) is 5.10 Å². The molecule has 0 saturated carbocycles. The van der Waals surface area contributed by atoms with E-state index in [1.54, 1.807) is 21.3 Å². The Bertz CT molecular complexity index is 1000. The molecule has 0 aromatic heterocycles. The van der Waals surface area contributed by atoms with Gasteiger partial charge in [-0.3, -0.25) is 0 Å². The highest BCUT2D eigenvalue weighted by Gasteiger charge is 2.28. The van der Waals surface area contributed by atoms with Crippen LogP contribution in [0.5, 0.6) is 11.5 Å². The maximum Gasteiger partial charge on any atom is 0.337 e. The molecule has 1 unspecified atom stereocenters. The second-order valence-electron chi connectivity index (χ2n) is 8.54. The van der Waals surface area contributed by atoms with Crippen LogP contribution < -0.4 is 19.7 Å². The summed E-state index contributed by atoms with van der Waals surface area (Å²) in [4.78, 5) is 17.0. The number of anilines is 1. The first-order valence-corrected chi connectivity index (χ1v) is 11.1. The molecular weight excluding hydrogens is 418 g/mol. The van der Waals surface area contributed by atoms with Gasteiger partial charge in [0.15, 0.2) is 11.5 Å². The number of methoxy groups -OCH3 is 2. The number of ether oxygens (including phenoxy) is 2. The minimum absolute atomic E-state index is 0.129. The van der Waals surface area contributed by atoms with E-state index in [4.69, 9.17) is 14.6 Å². The molecule has 0 spiro atoms. The zero-order valence-electron chi connectivity index (χ0n) is 20.7. The second-order valence-corrected chi connectivity index (χ2v) is 8.54. The van der Waals surface area contributed by atoms with Crippen LogP contribution in [0.25, 0.3) is 0 Å². The minimum atomic E-state index is -0.244. The van der Waals surface area contributed by atoms with E-state index in [-0.39, 0.29) is 12.1 Å². The molecule has 8 heteroatoms. The number of benzene rings is 2. The second kappa shape index (κ2) is 10.6. The zero-order chi connectivity index (χ0) is 24.1. The largest absolute Gasteiger partial charge is 0.493 e. The van der Waals surface area contributed by atoms with Gasteiger partial charge in [-0.15, -0.1) is 0 Å². The highest BCUT2D eigenvalue weighted by Crippen LogP contribution is 2.34. The first kappa shape index (κ1) is 24.4. The van der Waals surface area contributed by atoms with Crippen LogP contribution >= 0.6 is 0 Å². The Labute approximate surface area is 196 Å². The van der Waals surface area contributed by atoms with Gasteiger partial charge < -0.3 is 24.6 Å². The molecule has 2 amide bonds. The number of hydrogen-bond donors (Lipinski definition) is 1. The Balaban J connectivity index is 2.07.